The Kier molecular flexibility index (Phi) is 7.15. The van der Waals surface area contributed by atoms with E-state index in [4.69, 9.17) is 14.2 Å². The van der Waals surface area contributed by atoms with Crippen LogP contribution in [0, 0.1) is 0 Å². The largest absolute Gasteiger partial charge is 0.508 e. The molecule has 140 valence electrons. The van der Waals surface area contributed by atoms with Crippen molar-refractivity contribution in [2.45, 2.75) is 31.0 Å². The van der Waals surface area contributed by atoms with Crippen LogP contribution in [0.25, 0.3) is 0 Å². The number of hydrogen-bond donors (Lipinski definition) is 3. The third-order valence-electron chi connectivity index (χ3n) is 4.22. The number of phenolic OH excluding ortho intramolecular Hbond substituents is 1. The fraction of sp³-hybridized carbons (Fsp3) is 0.588. The number of rotatable bonds is 6. The summed E-state index contributed by atoms with van der Waals surface area (Å²) in [5.41, 5.74) is 0.830. The smallest absolute Gasteiger partial charge is 0.323 e. The lowest BCUT2D eigenvalue weighted by atomic mass is 10.0. The molecule has 0 aromatic heterocycles. The Morgan fingerprint density at radius 3 is 2.56 bits per heavy atom. The second-order valence-electron chi connectivity index (χ2n) is 5.98. The second kappa shape index (κ2) is 9.12. The summed E-state index contributed by atoms with van der Waals surface area (Å²) in [5, 5.41) is 29.2. The first-order chi connectivity index (χ1) is 12.0. The fourth-order valence-electron chi connectivity index (χ4n) is 2.91. The zero-order valence-corrected chi connectivity index (χ0v) is 14.4. The third-order valence-corrected chi connectivity index (χ3v) is 4.22. The summed E-state index contributed by atoms with van der Waals surface area (Å²) in [5.74, 6) is -0.312. The van der Waals surface area contributed by atoms with Crippen molar-refractivity contribution in [2.24, 2.45) is 0 Å². The lowest BCUT2D eigenvalue weighted by Gasteiger charge is -2.30. The molecule has 0 radical (unpaired) electrons. The van der Waals surface area contributed by atoms with E-state index in [1.807, 2.05) is 0 Å². The number of benzene rings is 1. The van der Waals surface area contributed by atoms with Gasteiger partial charge < -0.3 is 29.5 Å². The molecule has 25 heavy (non-hydrogen) atoms. The zero-order valence-electron chi connectivity index (χ0n) is 14.4. The summed E-state index contributed by atoms with van der Waals surface area (Å²) in [4.78, 5) is 14.0. The SMILES string of the molecule is COC(=O)C(Cc1ccc(O)cc1)N1C[C@@H](CO)O[C@H](OC)[C@H](O)C1. The number of β-amino-alcohol motifs (C(OH)–C–C–N with tert-alkyl or cyclic N) is 1. The lowest BCUT2D eigenvalue weighted by molar-refractivity contribution is -0.196. The van der Waals surface area contributed by atoms with Crippen molar-refractivity contribution in [1.82, 2.24) is 4.90 Å². The van der Waals surface area contributed by atoms with E-state index < -0.39 is 30.5 Å². The summed E-state index contributed by atoms with van der Waals surface area (Å²) in [6.45, 7) is 0.105. The molecule has 0 aliphatic carbocycles. The van der Waals surface area contributed by atoms with Crippen LogP contribution in [0.15, 0.2) is 24.3 Å². The number of hydrogen-bond acceptors (Lipinski definition) is 8. The summed E-state index contributed by atoms with van der Waals surface area (Å²) in [6.07, 6.45) is -2.13. The Hall–Kier alpha value is -1.71. The van der Waals surface area contributed by atoms with Gasteiger partial charge in [0.25, 0.3) is 0 Å². The molecular weight excluding hydrogens is 330 g/mol. The highest BCUT2D eigenvalue weighted by atomic mass is 16.7. The van der Waals surface area contributed by atoms with Crippen LogP contribution in [0.2, 0.25) is 0 Å². The summed E-state index contributed by atoms with van der Waals surface area (Å²) < 4.78 is 15.6. The van der Waals surface area contributed by atoms with Gasteiger partial charge in [0.1, 0.15) is 17.9 Å². The van der Waals surface area contributed by atoms with Crippen molar-refractivity contribution in [3.8, 4) is 5.75 Å². The average Bonchev–Trinajstić information content (AvgIpc) is 2.78. The van der Waals surface area contributed by atoms with Crippen LogP contribution >= 0.6 is 0 Å². The number of carbonyl (C=O) groups excluding carboxylic acids is 1. The predicted molar refractivity (Wildman–Crippen MR) is 88.0 cm³/mol. The number of phenols is 1. The van der Waals surface area contributed by atoms with E-state index in [0.717, 1.165) is 5.56 Å². The highest BCUT2D eigenvalue weighted by Gasteiger charge is 2.37. The molecule has 0 spiro atoms. The van der Waals surface area contributed by atoms with Crippen molar-refractivity contribution in [3.05, 3.63) is 29.8 Å². The Balaban J connectivity index is 2.22. The maximum absolute atomic E-state index is 12.3. The van der Waals surface area contributed by atoms with Gasteiger partial charge >= 0.3 is 5.97 Å². The van der Waals surface area contributed by atoms with Gasteiger partial charge in [-0.2, -0.15) is 0 Å². The van der Waals surface area contributed by atoms with Crippen LogP contribution in [0.3, 0.4) is 0 Å². The van der Waals surface area contributed by atoms with Gasteiger partial charge in [-0.25, -0.2) is 0 Å². The highest BCUT2D eigenvalue weighted by molar-refractivity contribution is 5.76. The minimum atomic E-state index is -0.978. The van der Waals surface area contributed by atoms with E-state index in [1.54, 1.807) is 29.2 Å². The van der Waals surface area contributed by atoms with Crippen molar-refractivity contribution in [1.29, 1.82) is 0 Å². The number of methoxy groups -OCH3 is 2. The van der Waals surface area contributed by atoms with Gasteiger partial charge in [0.05, 0.1) is 19.8 Å². The lowest BCUT2D eigenvalue weighted by Crippen LogP contribution is -2.49. The van der Waals surface area contributed by atoms with Crippen molar-refractivity contribution in [2.75, 3.05) is 33.9 Å². The molecule has 2 rings (SSSR count). The van der Waals surface area contributed by atoms with Gasteiger partial charge in [-0.1, -0.05) is 12.1 Å². The summed E-state index contributed by atoms with van der Waals surface area (Å²) >= 11 is 0. The van der Waals surface area contributed by atoms with Gasteiger partial charge in [0.2, 0.25) is 0 Å². The standard InChI is InChI=1S/C17H25NO7/c1-23-16(22)14(7-11-3-5-12(20)6-4-11)18-8-13(10-19)25-17(24-2)15(21)9-18/h3-6,13-15,17,19-21H,7-10H2,1-2H3/t13-,14?,15+,17-/m0/s1. The molecule has 1 aromatic rings. The topological polar surface area (TPSA) is 109 Å². The van der Waals surface area contributed by atoms with Crippen LogP contribution in [-0.4, -0.2) is 84.6 Å². The van der Waals surface area contributed by atoms with Crippen LogP contribution in [0.1, 0.15) is 5.56 Å². The van der Waals surface area contributed by atoms with Gasteiger partial charge in [0, 0.05) is 20.2 Å². The number of carbonyl (C=O) groups is 1. The fourth-order valence-corrected chi connectivity index (χ4v) is 2.91. The van der Waals surface area contributed by atoms with Gasteiger partial charge in [-0.05, 0) is 24.1 Å². The molecule has 4 atom stereocenters. The molecule has 1 unspecified atom stereocenters. The Morgan fingerprint density at radius 2 is 2.00 bits per heavy atom. The predicted octanol–water partition coefficient (Wildman–Crippen LogP) is -0.497. The Labute approximate surface area is 146 Å². The van der Waals surface area contributed by atoms with Crippen LogP contribution in [0.4, 0.5) is 0 Å². The van der Waals surface area contributed by atoms with E-state index in [0.29, 0.717) is 6.42 Å². The number of esters is 1. The quantitative estimate of drug-likeness (QED) is 0.586. The highest BCUT2D eigenvalue weighted by Crippen LogP contribution is 2.20. The zero-order chi connectivity index (χ0) is 18.4. The molecule has 1 aromatic carbocycles. The number of nitrogens with zero attached hydrogens (tertiary/aromatic N) is 1. The molecule has 1 heterocycles. The van der Waals surface area contributed by atoms with E-state index in [2.05, 4.69) is 0 Å². The Morgan fingerprint density at radius 1 is 1.32 bits per heavy atom. The van der Waals surface area contributed by atoms with Crippen LogP contribution in [-0.2, 0) is 25.4 Å². The molecular formula is C17H25NO7. The van der Waals surface area contributed by atoms with Crippen molar-refractivity contribution >= 4 is 5.97 Å². The van der Waals surface area contributed by atoms with Gasteiger partial charge in [-0.3, -0.25) is 9.69 Å². The van der Waals surface area contributed by atoms with E-state index in [9.17, 15) is 20.1 Å². The maximum atomic E-state index is 12.3. The first kappa shape index (κ1) is 19.6. The first-order valence-electron chi connectivity index (χ1n) is 8.05. The Bertz CT molecular complexity index is 548. The molecule has 0 saturated carbocycles. The molecule has 1 saturated heterocycles. The van der Waals surface area contributed by atoms with Crippen molar-refractivity contribution in [3.63, 3.8) is 0 Å². The minimum absolute atomic E-state index is 0.132. The molecule has 1 aliphatic heterocycles. The number of aliphatic hydroxyl groups excluding tert-OH is 2. The molecule has 1 fully saturated rings. The van der Waals surface area contributed by atoms with Crippen LogP contribution in [0.5, 0.6) is 5.75 Å². The molecule has 3 N–H and O–H groups in total. The second-order valence-corrected chi connectivity index (χ2v) is 5.98. The molecule has 0 bridgehead atoms. The maximum Gasteiger partial charge on any atom is 0.323 e. The summed E-state index contributed by atoms with van der Waals surface area (Å²) in [6, 6.07) is 5.86. The van der Waals surface area contributed by atoms with E-state index >= 15 is 0 Å². The third kappa shape index (κ3) is 5.13. The number of aliphatic hydroxyl groups is 2. The van der Waals surface area contributed by atoms with E-state index in [-0.39, 0.29) is 25.4 Å². The molecule has 8 nitrogen and oxygen atoms in total. The minimum Gasteiger partial charge on any atom is -0.508 e. The van der Waals surface area contributed by atoms with Crippen LogP contribution < -0.4 is 0 Å². The van der Waals surface area contributed by atoms with E-state index in [1.165, 1.54) is 14.2 Å². The molecule has 0 amide bonds. The normalized spacial score (nSPS) is 26.0. The molecule has 1 aliphatic rings. The summed E-state index contributed by atoms with van der Waals surface area (Å²) in [7, 11) is 2.71. The number of ether oxygens (including phenoxy) is 3. The average molecular weight is 355 g/mol. The van der Waals surface area contributed by atoms with Gasteiger partial charge in [-0.15, -0.1) is 0 Å². The first-order valence-corrected chi connectivity index (χ1v) is 8.05. The number of aromatic hydroxyl groups is 1. The van der Waals surface area contributed by atoms with Crippen molar-refractivity contribution < 1.29 is 34.3 Å². The molecule has 8 heteroatoms. The van der Waals surface area contributed by atoms with Gasteiger partial charge in [0.15, 0.2) is 6.29 Å². The monoisotopic (exact) mass is 355 g/mol.